The Morgan fingerprint density at radius 1 is 1.04 bits per heavy atom. The summed E-state index contributed by atoms with van der Waals surface area (Å²) in [5.74, 6) is 0.419. The van der Waals surface area contributed by atoms with Gasteiger partial charge in [0.1, 0.15) is 17.9 Å². The number of methoxy groups -OCH3 is 2. The van der Waals surface area contributed by atoms with Crippen LogP contribution in [0, 0.1) is 0 Å². The third-order valence-electron chi connectivity index (χ3n) is 3.68. The van der Waals surface area contributed by atoms with Gasteiger partial charge in [-0.15, -0.1) is 0 Å². The van der Waals surface area contributed by atoms with Crippen LogP contribution in [-0.4, -0.2) is 38.0 Å². The largest absolute Gasteiger partial charge is 0.497 e. The van der Waals surface area contributed by atoms with Crippen molar-refractivity contribution in [2.24, 2.45) is 0 Å². The predicted octanol–water partition coefficient (Wildman–Crippen LogP) is 2.69. The van der Waals surface area contributed by atoms with Gasteiger partial charge in [-0.2, -0.15) is 0 Å². The van der Waals surface area contributed by atoms with Crippen molar-refractivity contribution in [1.29, 1.82) is 0 Å². The number of hydrogen-bond donors (Lipinski definition) is 1. The van der Waals surface area contributed by atoms with Crippen LogP contribution >= 0.6 is 0 Å². The van der Waals surface area contributed by atoms with E-state index in [1.54, 1.807) is 25.2 Å². The molecular formula is C19H22N2O4. The Morgan fingerprint density at radius 3 is 2.40 bits per heavy atom. The van der Waals surface area contributed by atoms with Crippen LogP contribution in [0.25, 0.3) is 0 Å². The minimum absolute atomic E-state index is 0.246. The molecule has 0 aliphatic rings. The van der Waals surface area contributed by atoms with Crippen molar-refractivity contribution in [2.75, 3.05) is 26.6 Å². The molecule has 2 aromatic carbocycles. The molecule has 0 atom stereocenters. The highest BCUT2D eigenvalue weighted by Crippen LogP contribution is 2.28. The van der Waals surface area contributed by atoms with E-state index in [9.17, 15) is 9.59 Å². The van der Waals surface area contributed by atoms with Crippen molar-refractivity contribution in [3.8, 4) is 11.5 Å². The zero-order chi connectivity index (χ0) is 18.2. The van der Waals surface area contributed by atoms with E-state index in [4.69, 9.17) is 9.47 Å². The molecule has 0 saturated carbocycles. The van der Waals surface area contributed by atoms with Crippen molar-refractivity contribution >= 4 is 17.5 Å². The van der Waals surface area contributed by atoms with Gasteiger partial charge in [0.2, 0.25) is 11.8 Å². The Bertz CT molecular complexity index is 731. The molecule has 0 aromatic heterocycles. The molecule has 2 amide bonds. The SMILES string of the molecule is COc1ccc(OC)c(NC(=O)CC(=O)N(C)Cc2ccccc2)c1. The molecule has 1 N–H and O–H groups in total. The first-order chi connectivity index (χ1) is 12.0. The first-order valence-electron chi connectivity index (χ1n) is 7.83. The summed E-state index contributed by atoms with van der Waals surface area (Å²) in [6, 6.07) is 14.7. The Balaban J connectivity index is 1.96. The molecule has 2 rings (SSSR count). The van der Waals surface area contributed by atoms with Gasteiger partial charge in [0.25, 0.3) is 0 Å². The van der Waals surface area contributed by atoms with E-state index in [-0.39, 0.29) is 12.3 Å². The maximum atomic E-state index is 12.2. The summed E-state index contributed by atoms with van der Waals surface area (Å²) in [4.78, 5) is 26.0. The Kier molecular flexibility index (Phi) is 6.39. The van der Waals surface area contributed by atoms with Crippen LogP contribution in [0.3, 0.4) is 0 Å². The lowest BCUT2D eigenvalue weighted by molar-refractivity contribution is -0.134. The monoisotopic (exact) mass is 342 g/mol. The number of benzene rings is 2. The number of carbonyl (C=O) groups is 2. The lowest BCUT2D eigenvalue weighted by atomic mass is 10.2. The van der Waals surface area contributed by atoms with E-state index < -0.39 is 5.91 Å². The van der Waals surface area contributed by atoms with Crippen LogP contribution in [0.4, 0.5) is 5.69 Å². The minimum atomic E-state index is -0.406. The van der Waals surface area contributed by atoms with Gasteiger partial charge in [0.15, 0.2) is 0 Å². The number of ether oxygens (including phenoxy) is 2. The maximum Gasteiger partial charge on any atom is 0.233 e. The molecular weight excluding hydrogens is 320 g/mol. The second-order valence-electron chi connectivity index (χ2n) is 5.53. The van der Waals surface area contributed by atoms with Gasteiger partial charge in [-0.3, -0.25) is 9.59 Å². The molecule has 0 bridgehead atoms. The topological polar surface area (TPSA) is 67.9 Å². The van der Waals surface area contributed by atoms with Gasteiger partial charge in [-0.05, 0) is 17.7 Å². The minimum Gasteiger partial charge on any atom is -0.497 e. The van der Waals surface area contributed by atoms with Crippen LogP contribution in [0.2, 0.25) is 0 Å². The molecule has 0 radical (unpaired) electrons. The Morgan fingerprint density at radius 2 is 1.76 bits per heavy atom. The second-order valence-corrected chi connectivity index (χ2v) is 5.53. The van der Waals surface area contributed by atoms with Crippen molar-refractivity contribution in [3.63, 3.8) is 0 Å². The molecule has 0 aliphatic heterocycles. The summed E-state index contributed by atoms with van der Waals surface area (Å²) in [7, 11) is 4.72. The van der Waals surface area contributed by atoms with Gasteiger partial charge in [-0.25, -0.2) is 0 Å². The number of rotatable bonds is 7. The molecule has 0 aliphatic carbocycles. The average molecular weight is 342 g/mol. The summed E-state index contributed by atoms with van der Waals surface area (Å²) in [6.45, 7) is 0.454. The smallest absolute Gasteiger partial charge is 0.233 e. The van der Waals surface area contributed by atoms with Crippen molar-refractivity contribution in [2.45, 2.75) is 13.0 Å². The molecule has 25 heavy (non-hydrogen) atoms. The van der Waals surface area contributed by atoms with Crippen molar-refractivity contribution < 1.29 is 19.1 Å². The fourth-order valence-electron chi connectivity index (χ4n) is 2.32. The predicted molar refractivity (Wildman–Crippen MR) is 95.7 cm³/mol. The van der Waals surface area contributed by atoms with Gasteiger partial charge in [0.05, 0.1) is 19.9 Å². The van der Waals surface area contributed by atoms with Crippen LogP contribution in [-0.2, 0) is 16.1 Å². The van der Waals surface area contributed by atoms with E-state index in [0.29, 0.717) is 23.7 Å². The number of carbonyl (C=O) groups excluding carboxylic acids is 2. The molecule has 2 aromatic rings. The first kappa shape index (κ1) is 18.3. The standard InChI is InChI=1S/C19H22N2O4/c1-21(13-14-7-5-4-6-8-14)19(23)12-18(22)20-16-11-15(24-2)9-10-17(16)25-3/h4-11H,12-13H2,1-3H3,(H,20,22). The summed E-state index contributed by atoms with van der Waals surface area (Å²) < 4.78 is 10.4. The molecule has 0 spiro atoms. The van der Waals surface area contributed by atoms with Gasteiger partial charge < -0.3 is 19.7 Å². The van der Waals surface area contributed by atoms with Crippen molar-refractivity contribution in [3.05, 3.63) is 54.1 Å². The summed E-state index contributed by atoms with van der Waals surface area (Å²) in [5.41, 5.74) is 1.47. The highest BCUT2D eigenvalue weighted by Gasteiger charge is 2.16. The van der Waals surface area contributed by atoms with Crippen LogP contribution in [0.1, 0.15) is 12.0 Å². The molecule has 0 heterocycles. The number of amides is 2. The van der Waals surface area contributed by atoms with Gasteiger partial charge >= 0.3 is 0 Å². The quantitative estimate of drug-likeness (QED) is 0.786. The van der Waals surface area contributed by atoms with Crippen molar-refractivity contribution in [1.82, 2.24) is 4.90 Å². The fourth-order valence-corrected chi connectivity index (χ4v) is 2.32. The van der Waals surface area contributed by atoms with Crippen LogP contribution < -0.4 is 14.8 Å². The van der Waals surface area contributed by atoms with E-state index in [2.05, 4.69) is 5.32 Å². The summed E-state index contributed by atoms with van der Waals surface area (Å²) in [6.07, 6.45) is -0.246. The molecule has 0 unspecified atom stereocenters. The third kappa shape index (κ3) is 5.24. The third-order valence-corrected chi connectivity index (χ3v) is 3.68. The zero-order valence-electron chi connectivity index (χ0n) is 14.6. The lowest BCUT2D eigenvalue weighted by Crippen LogP contribution is -2.30. The molecule has 0 saturated heterocycles. The number of anilines is 1. The van der Waals surface area contributed by atoms with E-state index in [0.717, 1.165) is 5.56 Å². The normalized spacial score (nSPS) is 10.0. The van der Waals surface area contributed by atoms with Crippen LogP contribution in [0.15, 0.2) is 48.5 Å². The summed E-state index contributed by atoms with van der Waals surface area (Å²) >= 11 is 0. The molecule has 0 fully saturated rings. The van der Waals surface area contributed by atoms with E-state index in [1.807, 2.05) is 30.3 Å². The second kappa shape index (κ2) is 8.73. The number of nitrogens with zero attached hydrogens (tertiary/aromatic N) is 1. The molecule has 6 heteroatoms. The van der Waals surface area contributed by atoms with E-state index >= 15 is 0 Å². The molecule has 6 nitrogen and oxygen atoms in total. The highest BCUT2D eigenvalue weighted by atomic mass is 16.5. The lowest BCUT2D eigenvalue weighted by Gasteiger charge is -2.17. The maximum absolute atomic E-state index is 12.2. The van der Waals surface area contributed by atoms with Gasteiger partial charge in [0, 0.05) is 19.7 Å². The number of hydrogen-bond acceptors (Lipinski definition) is 4. The number of nitrogens with one attached hydrogen (secondary N) is 1. The van der Waals surface area contributed by atoms with E-state index in [1.165, 1.54) is 19.1 Å². The zero-order valence-corrected chi connectivity index (χ0v) is 14.6. The first-order valence-corrected chi connectivity index (χ1v) is 7.83. The molecule has 132 valence electrons. The fraction of sp³-hybridized carbons (Fsp3) is 0.263. The van der Waals surface area contributed by atoms with Gasteiger partial charge in [-0.1, -0.05) is 30.3 Å². The average Bonchev–Trinajstić information content (AvgIpc) is 2.62. The van der Waals surface area contributed by atoms with Crippen LogP contribution in [0.5, 0.6) is 11.5 Å². The highest BCUT2D eigenvalue weighted by molar-refractivity contribution is 6.04. The summed E-state index contributed by atoms with van der Waals surface area (Å²) in [5, 5.41) is 2.69. The Labute approximate surface area is 147 Å². The Hall–Kier alpha value is -3.02.